The van der Waals surface area contributed by atoms with E-state index in [0.717, 1.165) is 15.9 Å². The van der Waals surface area contributed by atoms with Crippen LogP contribution in [0.2, 0.25) is 0 Å². The number of rotatable bonds is 6. The van der Waals surface area contributed by atoms with Gasteiger partial charge in [-0.25, -0.2) is 0 Å². The van der Waals surface area contributed by atoms with Crippen molar-refractivity contribution in [2.75, 3.05) is 13.7 Å². The number of aromatic nitrogens is 3. The maximum absolute atomic E-state index is 5.58. The standard InChI is InChI=1S/C15H19BrN4O2S/c1-5-22-13-11(16)6-10(7-12(13)21-4)8-17-20-14(9(2)3)18-19-15(20)23/h6-9H,5H2,1-4H3,(H,19,23)/b17-8-. The molecule has 0 amide bonds. The van der Waals surface area contributed by atoms with E-state index >= 15 is 0 Å². The summed E-state index contributed by atoms with van der Waals surface area (Å²) in [5.41, 5.74) is 0.856. The Morgan fingerprint density at radius 2 is 2.22 bits per heavy atom. The van der Waals surface area contributed by atoms with E-state index in [9.17, 15) is 0 Å². The highest BCUT2D eigenvalue weighted by Crippen LogP contribution is 2.36. The van der Waals surface area contributed by atoms with E-state index in [0.29, 0.717) is 22.9 Å². The first-order valence-electron chi connectivity index (χ1n) is 7.19. The summed E-state index contributed by atoms with van der Waals surface area (Å²) in [6.07, 6.45) is 1.71. The van der Waals surface area contributed by atoms with Gasteiger partial charge in [0.1, 0.15) is 0 Å². The minimum Gasteiger partial charge on any atom is -0.493 e. The second-order valence-electron chi connectivity index (χ2n) is 5.07. The van der Waals surface area contributed by atoms with Crippen LogP contribution in [0.15, 0.2) is 21.7 Å². The lowest BCUT2D eigenvalue weighted by Crippen LogP contribution is -2.01. The van der Waals surface area contributed by atoms with Crippen LogP contribution >= 0.6 is 28.1 Å². The maximum Gasteiger partial charge on any atom is 0.216 e. The summed E-state index contributed by atoms with van der Waals surface area (Å²) in [4.78, 5) is 0. The van der Waals surface area contributed by atoms with Crippen LogP contribution in [0.3, 0.4) is 0 Å². The minimum absolute atomic E-state index is 0.210. The molecule has 8 heteroatoms. The third-order valence-electron chi connectivity index (χ3n) is 3.05. The third-order valence-corrected chi connectivity index (χ3v) is 3.91. The van der Waals surface area contributed by atoms with Gasteiger partial charge in [-0.2, -0.15) is 14.9 Å². The van der Waals surface area contributed by atoms with Gasteiger partial charge in [0.15, 0.2) is 17.3 Å². The van der Waals surface area contributed by atoms with Gasteiger partial charge in [-0.3, -0.25) is 5.10 Å². The van der Waals surface area contributed by atoms with Crippen molar-refractivity contribution in [2.45, 2.75) is 26.7 Å². The molecule has 1 heterocycles. The zero-order valence-corrected chi connectivity index (χ0v) is 15.9. The molecule has 0 atom stereocenters. The number of methoxy groups -OCH3 is 1. The smallest absolute Gasteiger partial charge is 0.216 e. The van der Waals surface area contributed by atoms with Crippen LogP contribution in [0.1, 0.15) is 38.1 Å². The van der Waals surface area contributed by atoms with E-state index in [1.54, 1.807) is 18.0 Å². The van der Waals surface area contributed by atoms with Crippen LogP contribution in [-0.4, -0.2) is 34.8 Å². The molecule has 6 nitrogen and oxygen atoms in total. The molecule has 0 saturated carbocycles. The van der Waals surface area contributed by atoms with Crippen LogP contribution in [0, 0.1) is 4.77 Å². The van der Waals surface area contributed by atoms with E-state index < -0.39 is 0 Å². The molecule has 23 heavy (non-hydrogen) atoms. The summed E-state index contributed by atoms with van der Waals surface area (Å²) in [7, 11) is 1.61. The van der Waals surface area contributed by atoms with Crippen LogP contribution in [0.5, 0.6) is 11.5 Å². The fraction of sp³-hybridized carbons (Fsp3) is 0.400. The predicted octanol–water partition coefficient (Wildman–Crippen LogP) is 4.12. The van der Waals surface area contributed by atoms with Crippen LogP contribution in [-0.2, 0) is 0 Å². The van der Waals surface area contributed by atoms with E-state index in [4.69, 9.17) is 21.7 Å². The van der Waals surface area contributed by atoms with Gasteiger partial charge in [0, 0.05) is 5.92 Å². The number of benzene rings is 1. The van der Waals surface area contributed by atoms with Crippen LogP contribution in [0.25, 0.3) is 0 Å². The molecule has 1 N–H and O–H groups in total. The molecule has 1 aromatic carbocycles. The highest BCUT2D eigenvalue weighted by Gasteiger charge is 2.12. The van der Waals surface area contributed by atoms with Crippen molar-refractivity contribution >= 4 is 34.4 Å². The Bertz CT molecular complexity index is 767. The lowest BCUT2D eigenvalue weighted by atomic mass is 10.2. The maximum atomic E-state index is 5.58. The summed E-state index contributed by atoms with van der Waals surface area (Å²) in [6.45, 7) is 6.56. The molecule has 1 aromatic heterocycles. The molecule has 2 aromatic rings. The lowest BCUT2D eigenvalue weighted by Gasteiger charge is -2.12. The average molecular weight is 399 g/mol. The SMILES string of the molecule is CCOc1c(Br)cc(/C=N\n2c(C(C)C)n[nH]c2=S)cc1OC. The Morgan fingerprint density at radius 1 is 1.48 bits per heavy atom. The van der Waals surface area contributed by atoms with E-state index in [1.807, 2.05) is 32.9 Å². The molecule has 0 aliphatic carbocycles. The monoisotopic (exact) mass is 398 g/mol. The summed E-state index contributed by atoms with van der Waals surface area (Å²) >= 11 is 8.71. The largest absolute Gasteiger partial charge is 0.493 e. The zero-order chi connectivity index (χ0) is 17.0. The fourth-order valence-electron chi connectivity index (χ4n) is 2.01. The van der Waals surface area contributed by atoms with Crippen molar-refractivity contribution in [3.8, 4) is 11.5 Å². The van der Waals surface area contributed by atoms with Gasteiger partial charge in [0.05, 0.1) is 24.4 Å². The summed E-state index contributed by atoms with van der Waals surface area (Å²) in [5.74, 6) is 2.31. The van der Waals surface area contributed by atoms with Crippen molar-refractivity contribution < 1.29 is 9.47 Å². The van der Waals surface area contributed by atoms with E-state index in [-0.39, 0.29) is 5.92 Å². The van der Waals surface area contributed by atoms with Crippen molar-refractivity contribution in [3.63, 3.8) is 0 Å². The second-order valence-corrected chi connectivity index (χ2v) is 6.31. The van der Waals surface area contributed by atoms with Crippen molar-refractivity contribution in [1.29, 1.82) is 0 Å². The number of hydrogen-bond donors (Lipinski definition) is 1. The lowest BCUT2D eigenvalue weighted by molar-refractivity contribution is 0.309. The van der Waals surface area contributed by atoms with Crippen LogP contribution < -0.4 is 9.47 Å². The van der Waals surface area contributed by atoms with Gasteiger partial charge in [-0.05, 0) is 52.8 Å². The number of nitrogens with zero attached hydrogens (tertiary/aromatic N) is 3. The molecular weight excluding hydrogens is 380 g/mol. The highest BCUT2D eigenvalue weighted by molar-refractivity contribution is 9.10. The van der Waals surface area contributed by atoms with Gasteiger partial charge in [0.25, 0.3) is 0 Å². The minimum atomic E-state index is 0.210. The van der Waals surface area contributed by atoms with Crippen molar-refractivity contribution in [3.05, 3.63) is 32.8 Å². The highest BCUT2D eigenvalue weighted by atomic mass is 79.9. The number of aromatic amines is 1. The molecule has 2 rings (SSSR count). The Hall–Kier alpha value is -1.67. The van der Waals surface area contributed by atoms with Gasteiger partial charge in [-0.1, -0.05) is 13.8 Å². The molecule has 124 valence electrons. The molecule has 0 aliphatic heterocycles. The summed E-state index contributed by atoms with van der Waals surface area (Å²) in [6, 6.07) is 3.77. The third kappa shape index (κ3) is 4.00. The average Bonchev–Trinajstić information content (AvgIpc) is 2.88. The number of nitrogens with one attached hydrogen (secondary N) is 1. The first-order valence-corrected chi connectivity index (χ1v) is 8.40. The van der Waals surface area contributed by atoms with E-state index in [2.05, 4.69) is 31.2 Å². The second kappa shape index (κ2) is 7.74. The van der Waals surface area contributed by atoms with Gasteiger partial charge in [-0.15, -0.1) is 0 Å². The molecular formula is C15H19BrN4O2S. The van der Waals surface area contributed by atoms with Crippen LogP contribution in [0.4, 0.5) is 0 Å². The Morgan fingerprint density at radius 3 is 2.83 bits per heavy atom. The topological polar surface area (TPSA) is 64.4 Å². The Balaban J connectivity index is 2.39. The molecule has 0 bridgehead atoms. The Kier molecular flexibility index (Phi) is 5.95. The molecule has 0 spiro atoms. The fourth-order valence-corrected chi connectivity index (χ4v) is 2.77. The molecule has 0 radical (unpaired) electrons. The zero-order valence-electron chi connectivity index (χ0n) is 13.5. The quantitative estimate of drug-likeness (QED) is 0.587. The normalized spacial score (nSPS) is 11.4. The first kappa shape index (κ1) is 17.7. The Labute approximate surface area is 148 Å². The number of halogens is 1. The summed E-state index contributed by atoms with van der Waals surface area (Å²) in [5, 5.41) is 11.4. The van der Waals surface area contributed by atoms with Crippen molar-refractivity contribution in [1.82, 2.24) is 14.9 Å². The summed E-state index contributed by atoms with van der Waals surface area (Å²) < 4.78 is 13.8. The molecule has 0 unspecified atom stereocenters. The van der Waals surface area contributed by atoms with Gasteiger partial charge >= 0.3 is 0 Å². The molecule has 0 fully saturated rings. The van der Waals surface area contributed by atoms with Crippen molar-refractivity contribution in [2.24, 2.45) is 5.10 Å². The number of hydrogen-bond acceptors (Lipinski definition) is 5. The number of H-pyrrole nitrogens is 1. The van der Waals surface area contributed by atoms with Gasteiger partial charge in [0.2, 0.25) is 4.77 Å². The molecule has 0 aliphatic rings. The van der Waals surface area contributed by atoms with Gasteiger partial charge < -0.3 is 9.47 Å². The number of ether oxygens (including phenoxy) is 2. The molecule has 0 saturated heterocycles. The first-order chi connectivity index (χ1) is 11.0. The van der Waals surface area contributed by atoms with E-state index in [1.165, 1.54) is 0 Å². The predicted molar refractivity (Wildman–Crippen MR) is 96.4 cm³/mol.